The summed E-state index contributed by atoms with van der Waals surface area (Å²) in [4.78, 5) is 0. The Labute approximate surface area is 65.8 Å². The first-order valence-corrected chi connectivity index (χ1v) is 3.89. The van der Waals surface area contributed by atoms with Crippen LogP contribution in [0.1, 0.15) is 17.5 Å². The van der Waals surface area contributed by atoms with Crippen LogP contribution in [0.25, 0.3) is 0 Å². The van der Waals surface area contributed by atoms with E-state index in [2.05, 4.69) is 11.2 Å². The molecule has 0 bridgehead atoms. The second-order valence-corrected chi connectivity index (χ2v) is 2.92. The molecule has 56 valence electrons. The number of rotatable bonds is 1. The molecular formula is C9H10N2. The van der Waals surface area contributed by atoms with Gasteiger partial charge in [0.05, 0.1) is 5.69 Å². The van der Waals surface area contributed by atoms with Gasteiger partial charge in [0.1, 0.15) is 0 Å². The van der Waals surface area contributed by atoms with Crippen LogP contribution in [-0.4, -0.2) is 0 Å². The Kier molecular flexibility index (Phi) is 1.46. The Morgan fingerprint density at radius 1 is 1.18 bits per heavy atom. The van der Waals surface area contributed by atoms with Gasteiger partial charge < -0.3 is 0 Å². The van der Waals surface area contributed by atoms with Crippen LogP contribution in [0.15, 0.2) is 23.3 Å². The molecule has 2 heteroatoms. The Bertz CT molecular complexity index is 292. The minimum absolute atomic E-state index is 0.783. The van der Waals surface area contributed by atoms with Gasteiger partial charge >= 0.3 is 0 Å². The number of nitrogens with zero attached hydrogens (tertiary/aromatic N) is 1. The van der Waals surface area contributed by atoms with Gasteiger partial charge in [0.2, 0.25) is 0 Å². The van der Waals surface area contributed by atoms with E-state index in [4.69, 9.17) is 5.53 Å². The summed E-state index contributed by atoms with van der Waals surface area (Å²) >= 11 is 0. The molecule has 2 nitrogen and oxygen atoms in total. The highest BCUT2D eigenvalue weighted by molar-refractivity contribution is 5.45. The third kappa shape index (κ3) is 1.04. The largest absolute Gasteiger partial charge is 0.204 e. The zero-order valence-electron chi connectivity index (χ0n) is 6.30. The quantitative estimate of drug-likeness (QED) is 0.591. The van der Waals surface area contributed by atoms with Crippen molar-refractivity contribution in [3.05, 3.63) is 29.3 Å². The molecule has 0 heterocycles. The molecule has 0 unspecified atom stereocenters. The van der Waals surface area contributed by atoms with Crippen LogP contribution < -0.4 is 0 Å². The van der Waals surface area contributed by atoms with E-state index >= 15 is 0 Å². The third-order valence-corrected chi connectivity index (χ3v) is 2.21. The minimum atomic E-state index is 0.783. The Balaban J connectivity index is 2.48. The van der Waals surface area contributed by atoms with Crippen molar-refractivity contribution in [1.82, 2.24) is 0 Å². The van der Waals surface area contributed by atoms with Gasteiger partial charge in [0, 0.05) is 0 Å². The molecule has 1 aliphatic carbocycles. The van der Waals surface area contributed by atoms with Crippen molar-refractivity contribution in [1.29, 1.82) is 5.53 Å². The summed E-state index contributed by atoms with van der Waals surface area (Å²) in [5.74, 6) is 0. The average molecular weight is 146 g/mol. The van der Waals surface area contributed by atoms with Crippen LogP contribution in [0.4, 0.5) is 5.69 Å². The van der Waals surface area contributed by atoms with Crippen LogP contribution in [0.3, 0.4) is 0 Å². The van der Waals surface area contributed by atoms with E-state index in [0.717, 1.165) is 5.69 Å². The Morgan fingerprint density at radius 3 is 2.82 bits per heavy atom. The SMILES string of the molecule is N=Nc1ccc2c(c1)CCC2. The smallest absolute Gasteiger partial charge is 0.0852 e. The minimum Gasteiger partial charge on any atom is -0.204 e. The number of fused-ring (bicyclic) bond motifs is 1. The second kappa shape index (κ2) is 2.46. The maximum absolute atomic E-state index is 6.83. The predicted molar refractivity (Wildman–Crippen MR) is 43.3 cm³/mol. The first-order valence-electron chi connectivity index (χ1n) is 3.89. The monoisotopic (exact) mass is 146 g/mol. The molecule has 0 aromatic heterocycles. The zero-order chi connectivity index (χ0) is 7.68. The summed E-state index contributed by atoms with van der Waals surface area (Å²) < 4.78 is 0. The first kappa shape index (κ1) is 6.53. The van der Waals surface area contributed by atoms with Gasteiger partial charge in [0.15, 0.2) is 0 Å². The molecule has 0 saturated carbocycles. The number of hydrogen-bond acceptors (Lipinski definition) is 2. The van der Waals surface area contributed by atoms with E-state index in [1.165, 1.54) is 30.4 Å². The summed E-state index contributed by atoms with van der Waals surface area (Å²) in [6.07, 6.45) is 3.63. The maximum atomic E-state index is 6.83. The van der Waals surface area contributed by atoms with Crippen LogP contribution in [0.2, 0.25) is 0 Å². The van der Waals surface area contributed by atoms with E-state index in [0.29, 0.717) is 0 Å². The molecule has 0 atom stereocenters. The zero-order valence-corrected chi connectivity index (χ0v) is 6.30. The van der Waals surface area contributed by atoms with Crippen LogP contribution >= 0.6 is 0 Å². The van der Waals surface area contributed by atoms with E-state index in [9.17, 15) is 0 Å². The molecule has 0 spiro atoms. The van der Waals surface area contributed by atoms with E-state index in [-0.39, 0.29) is 0 Å². The first-order chi connectivity index (χ1) is 5.40. The lowest BCUT2D eigenvalue weighted by Crippen LogP contribution is -1.78. The number of benzene rings is 1. The van der Waals surface area contributed by atoms with Crippen molar-refractivity contribution in [3.63, 3.8) is 0 Å². The van der Waals surface area contributed by atoms with Crippen molar-refractivity contribution in [2.75, 3.05) is 0 Å². The fourth-order valence-corrected chi connectivity index (χ4v) is 1.63. The molecule has 1 aliphatic rings. The number of hydrogen-bond donors (Lipinski definition) is 1. The van der Waals surface area contributed by atoms with Crippen LogP contribution in [0.5, 0.6) is 0 Å². The molecule has 1 aromatic carbocycles. The standard InChI is InChI=1S/C9H10N2/c10-11-9-5-4-7-2-1-3-8(7)6-9/h4-6,10H,1-3H2. The highest BCUT2D eigenvalue weighted by atomic mass is 15.0. The summed E-state index contributed by atoms with van der Waals surface area (Å²) in [5.41, 5.74) is 10.4. The topological polar surface area (TPSA) is 36.2 Å². The summed E-state index contributed by atoms with van der Waals surface area (Å²) in [7, 11) is 0. The van der Waals surface area contributed by atoms with Gasteiger partial charge in [-0.15, -0.1) is 0 Å². The Morgan fingerprint density at radius 2 is 2.00 bits per heavy atom. The molecule has 1 N–H and O–H groups in total. The lowest BCUT2D eigenvalue weighted by molar-refractivity contribution is 0.911. The molecule has 0 amide bonds. The highest BCUT2D eigenvalue weighted by Crippen LogP contribution is 2.25. The maximum Gasteiger partial charge on any atom is 0.0852 e. The van der Waals surface area contributed by atoms with Crippen LogP contribution in [0, 0.1) is 5.53 Å². The van der Waals surface area contributed by atoms with Crippen molar-refractivity contribution in [2.45, 2.75) is 19.3 Å². The van der Waals surface area contributed by atoms with E-state index < -0.39 is 0 Å². The number of aryl methyl sites for hydroxylation is 2. The molecule has 0 saturated heterocycles. The van der Waals surface area contributed by atoms with Crippen molar-refractivity contribution in [3.8, 4) is 0 Å². The predicted octanol–water partition coefficient (Wildman–Crippen LogP) is 2.84. The molecule has 0 aliphatic heterocycles. The lowest BCUT2D eigenvalue weighted by Gasteiger charge is -1.97. The molecule has 0 fully saturated rings. The molecule has 2 rings (SSSR count). The van der Waals surface area contributed by atoms with Crippen molar-refractivity contribution < 1.29 is 0 Å². The number of nitrogens with one attached hydrogen (secondary N) is 1. The fraction of sp³-hybridized carbons (Fsp3) is 0.333. The van der Waals surface area contributed by atoms with Gasteiger partial charge in [-0.1, -0.05) is 6.07 Å². The summed E-state index contributed by atoms with van der Waals surface area (Å²) in [6.45, 7) is 0. The normalized spacial score (nSPS) is 14.5. The van der Waals surface area contributed by atoms with Crippen molar-refractivity contribution >= 4 is 5.69 Å². The van der Waals surface area contributed by atoms with Gasteiger partial charge in [-0.05, 0) is 42.5 Å². The molecule has 0 radical (unpaired) electrons. The third-order valence-electron chi connectivity index (χ3n) is 2.21. The molecular weight excluding hydrogens is 136 g/mol. The fourth-order valence-electron chi connectivity index (χ4n) is 1.63. The summed E-state index contributed by atoms with van der Waals surface area (Å²) in [6, 6.07) is 6.03. The van der Waals surface area contributed by atoms with Crippen molar-refractivity contribution in [2.24, 2.45) is 5.11 Å². The second-order valence-electron chi connectivity index (χ2n) is 2.92. The highest BCUT2D eigenvalue weighted by Gasteiger charge is 2.09. The average Bonchev–Trinajstić information content (AvgIpc) is 2.50. The van der Waals surface area contributed by atoms with Gasteiger partial charge in [-0.2, -0.15) is 5.11 Å². The summed E-state index contributed by atoms with van der Waals surface area (Å²) in [5, 5.41) is 3.40. The molecule has 1 aromatic rings. The molecule has 11 heavy (non-hydrogen) atoms. The van der Waals surface area contributed by atoms with Gasteiger partial charge in [-0.3, -0.25) is 0 Å². The van der Waals surface area contributed by atoms with E-state index in [1.54, 1.807) is 0 Å². The van der Waals surface area contributed by atoms with Gasteiger partial charge in [-0.25, -0.2) is 5.53 Å². The van der Waals surface area contributed by atoms with E-state index in [1.807, 2.05) is 12.1 Å². The Hall–Kier alpha value is -1.18. The van der Waals surface area contributed by atoms with Crippen LogP contribution in [-0.2, 0) is 12.8 Å². The van der Waals surface area contributed by atoms with Gasteiger partial charge in [0.25, 0.3) is 0 Å². The lowest BCUT2D eigenvalue weighted by atomic mass is 10.1.